The lowest BCUT2D eigenvalue weighted by Gasteiger charge is -2.11. The molecule has 3 nitrogen and oxygen atoms in total. The average molecular weight is 318 g/mol. The molecule has 1 unspecified atom stereocenters. The van der Waals surface area contributed by atoms with Crippen LogP contribution >= 0.6 is 22.6 Å². The highest BCUT2D eigenvalue weighted by Gasteiger charge is 2.12. The van der Waals surface area contributed by atoms with E-state index in [0.717, 1.165) is 15.7 Å². The van der Waals surface area contributed by atoms with Crippen molar-refractivity contribution in [1.29, 1.82) is 0 Å². The van der Waals surface area contributed by atoms with E-state index in [0.29, 0.717) is 6.54 Å². The minimum absolute atomic E-state index is 0.0320. The molecule has 0 saturated heterocycles. The fraction of sp³-hybridized carbons (Fsp3) is 0.364. The quantitative estimate of drug-likeness (QED) is 0.837. The second kappa shape index (κ2) is 6.07. The van der Waals surface area contributed by atoms with E-state index in [-0.39, 0.29) is 11.8 Å². The number of nitrogens with two attached hydrogens (primary N) is 1. The van der Waals surface area contributed by atoms with Crippen molar-refractivity contribution in [2.24, 2.45) is 11.7 Å². The Morgan fingerprint density at radius 2 is 2.20 bits per heavy atom. The van der Waals surface area contributed by atoms with Crippen LogP contribution in [0.2, 0.25) is 0 Å². The fourth-order valence-corrected chi connectivity index (χ4v) is 1.72. The number of rotatable bonds is 4. The Hall–Kier alpha value is -0.620. The molecule has 0 spiro atoms. The van der Waals surface area contributed by atoms with Gasteiger partial charge in [-0.25, -0.2) is 0 Å². The van der Waals surface area contributed by atoms with Gasteiger partial charge in [0.05, 0.1) is 5.69 Å². The van der Waals surface area contributed by atoms with E-state index in [9.17, 15) is 4.79 Å². The van der Waals surface area contributed by atoms with Crippen LogP contribution in [0.15, 0.2) is 24.3 Å². The first-order valence-corrected chi connectivity index (χ1v) is 5.98. The number of anilines is 1. The van der Waals surface area contributed by atoms with E-state index in [2.05, 4.69) is 27.9 Å². The maximum Gasteiger partial charge on any atom is 0.227 e. The molecule has 15 heavy (non-hydrogen) atoms. The van der Waals surface area contributed by atoms with E-state index in [1.54, 1.807) is 0 Å². The van der Waals surface area contributed by atoms with E-state index in [1.165, 1.54) is 0 Å². The van der Waals surface area contributed by atoms with Crippen molar-refractivity contribution in [3.63, 3.8) is 0 Å². The highest BCUT2D eigenvalue weighted by molar-refractivity contribution is 14.1. The summed E-state index contributed by atoms with van der Waals surface area (Å²) in [7, 11) is 0. The molecule has 0 aromatic heterocycles. The third-order valence-electron chi connectivity index (χ3n) is 2.18. The Labute approximate surface area is 104 Å². The van der Waals surface area contributed by atoms with E-state index in [1.807, 2.05) is 31.2 Å². The molecule has 1 aromatic rings. The molecule has 0 saturated carbocycles. The third kappa shape index (κ3) is 3.79. The molecule has 0 aliphatic carbocycles. The van der Waals surface area contributed by atoms with Crippen molar-refractivity contribution < 1.29 is 4.79 Å². The predicted octanol–water partition coefficient (Wildman–Crippen LogP) is 2.21. The second-order valence-corrected chi connectivity index (χ2v) is 4.61. The van der Waals surface area contributed by atoms with Crippen LogP contribution in [0.1, 0.15) is 13.3 Å². The number of halogens is 1. The monoisotopic (exact) mass is 318 g/mol. The first kappa shape index (κ1) is 12.4. The molecule has 0 fully saturated rings. The molecule has 1 rings (SSSR count). The Bertz CT molecular complexity index is 341. The summed E-state index contributed by atoms with van der Waals surface area (Å²) in [6.07, 6.45) is 0.718. The van der Waals surface area contributed by atoms with Crippen molar-refractivity contribution in [3.8, 4) is 0 Å². The first-order chi connectivity index (χ1) is 7.15. The van der Waals surface area contributed by atoms with Crippen molar-refractivity contribution in [2.75, 3.05) is 11.9 Å². The smallest absolute Gasteiger partial charge is 0.227 e. The van der Waals surface area contributed by atoms with Crippen LogP contribution in [0.3, 0.4) is 0 Å². The van der Waals surface area contributed by atoms with Gasteiger partial charge in [-0.3, -0.25) is 4.79 Å². The molecule has 82 valence electrons. The lowest BCUT2D eigenvalue weighted by Crippen LogP contribution is -2.23. The summed E-state index contributed by atoms with van der Waals surface area (Å²) in [6.45, 7) is 2.43. The standard InChI is InChI=1S/C11H15IN2O/c1-8(6-7-13)11(15)14-10-5-3-2-4-9(10)12/h2-5,8H,6-7,13H2,1H3,(H,14,15). The van der Waals surface area contributed by atoms with E-state index >= 15 is 0 Å². The summed E-state index contributed by atoms with van der Waals surface area (Å²) in [5.74, 6) is -0.00410. The van der Waals surface area contributed by atoms with Gasteiger partial charge in [-0.15, -0.1) is 0 Å². The average Bonchev–Trinajstić information content (AvgIpc) is 2.21. The van der Waals surface area contributed by atoms with Crippen LogP contribution < -0.4 is 11.1 Å². The second-order valence-electron chi connectivity index (χ2n) is 3.45. The lowest BCUT2D eigenvalue weighted by atomic mass is 10.1. The SMILES string of the molecule is CC(CCN)C(=O)Nc1ccccc1I. The molecule has 0 aliphatic heterocycles. The van der Waals surface area contributed by atoms with E-state index < -0.39 is 0 Å². The fourth-order valence-electron chi connectivity index (χ4n) is 1.20. The van der Waals surface area contributed by atoms with Gasteiger partial charge in [-0.05, 0) is 47.7 Å². The van der Waals surface area contributed by atoms with Gasteiger partial charge < -0.3 is 11.1 Å². The topological polar surface area (TPSA) is 55.1 Å². The Balaban J connectivity index is 2.62. The zero-order valence-electron chi connectivity index (χ0n) is 8.66. The molecule has 0 radical (unpaired) electrons. The van der Waals surface area contributed by atoms with Crippen molar-refractivity contribution in [3.05, 3.63) is 27.8 Å². The number of carbonyl (C=O) groups is 1. The van der Waals surface area contributed by atoms with Gasteiger partial charge in [0.1, 0.15) is 0 Å². The normalized spacial score (nSPS) is 12.2. The Morgan fingerprint density at radius 1 is 1.53 bits per heavy atom. The summed E-state index contributed by atoms with van der Waals surface area (Å²) >= 11 is 2.20. The summed E-state index contributed by atoms with van der Waals surface area (Å²) in [6, 6.07) is 7.71. The maximum absolute atomic E-state index is 11.7. The lowest BCUT2D eigenvalue weighted by molar-refractivity contribution is -0.119. The van der Waals surface area contributed by atoms with Gasteiger partial charge in [-0.1, -0.05) is 19.1 Å². The Kier molecular flexibility index (Phi) is 5.04. The first-order valence-electron chi connectivity index (χ1n) is 4.90. The van der Waals surface area contributed by atoms with Gasteiger partial charge >= 0.3 is 0 Å². The number of hydrogen-bond acceptors (Lipinski definition) is 2. The summed E-state index contributed by atoms with van der Waals surface area (Å²) in [5, 5.41) is 2.89. The highest BCUT2D eigenvalue weighted by atomic mass is 127. The zero-order valence-corrected chi connectivity index (χ0v) is 10.8. The third-order valence-corrected chi connectivity index (χ3v) is 3.12. The van der Waals surface area contributed by atoms with Gasteiger partial charge in [0.25, 0.3) is 0 Å². The molecule has 4 heteroatoms. The zero-order chi connectivity index (χ0) is 11.3. The molecular weight excluding hydrogens is 303 g/mol. The maximum atomic E-state index is 11.7. The molecule has 0 aliphatic rings. The molecule has 0 bridgehead atoms. The molecule has 3 N–H and O–H groups in total. The predicted molar refractivity (Wildman–Crippen MR) is 70.6 cm³/mol. The molecule has 1 amide bonds. The molecular formula is C11H15IN2O. The number of carbonyl (C=O) groups excluding carboxylic acids is 1. The summed E-state index contributed by atoms with van der Waals surface area (Å²) < 4.78 is 1.04. The van der Waals surface area contributed by atoms with Crippen LogP contribution in [0, 0.1) is 9.49 Å². The van der Waals surface area contributed by atoms with Crippen LogP contribution in [-0.2, 0) is 4.79 Å². The molecule has 0 heterocycles. The van der Waals surface area contributed by atoms with Crippen LogP contribution in [-0.4, -0.2) is 12.5 Å². The van der Waals surface area contributed by atoms with Gasteiger partial charge in [-0.2, -0.15) is 0 Å². The van der Waals surface area contributed by atoms with Gasteiger partial charge in [0.2, 0.25) is 5.91 Å². The number of benzene rings is 1. The summed E-state index contributed by atoms with van der Waals surface area (Å²) in [4.78, 5) is 11.7. The number of amides is 1. The van der Waals surface area contributed by atoms with Crippen LogP contribution in [0.4, 0.5) is 5.69 Å². The minimum Gasteiger partial charge on any atom is -0.330 e. The highest BCUT2D eigenvalue weighted by Crippen LogP contribution is 2.18. The van der Waals surface area contributed by atoms with Crippen molar-refractivity contribution in [1.82, 2.24) is 0 Å². The number of nitrogens with one attached hydrogen (secondary N) is 1. The van der Waals surface area contributed by atoms with Crippen LogP contribution in [0.5, 0.6) is 0 Å². The molecule has 1 atom stereocenters. The molecule has 1 aromatic carbocycles. The number of hydrogen-bond donors (Lipinski definition) is 2. The Morgan fingerprint density at radius 3 is 2.80 bits per heavy atom. The minimum atomic E-state index is -0.0361. The van der Waals surface area contributed by atoms with Crippen molar-refractivity contribution >= 4 is 34.2 Å². The van der Waals surface area contributed by atoms with Gasteiger partial charge in [0.15, 0.2) is 0 Å². The largest absolute Gasteiger partial charge is 0.330 e. The van der Waals surface area contributed by atoms with Gasteiger partial charge in [0, 0.05) is 9.49 Å². The number of para-hydroxylation sites is 1. The van der Waals surface area contributed by atoms with Crippen molar-refractivity contribution in [2.45, 2.75) is 13.3 Å². The van der Waals surface area contributed by atoms with Crippen LogP contribution in [0.25, 0.3) is 0 Å². The summed E-state index contributed by atoms with van der Waals surface area (Å²) in [5.41, 5.74) is 6.28. The van der Waals surface area contributed by atoms with E-state index in [4.69, 9.17) is 5.73 Å².